The fraction of sp³-hybridized carbons (Fsp3) is 0.367. The lowest BCUT2D eigenvalue weighted by molar-refractivity contribution is 0.0867. The molecule has 202 valence electrons. The first-order chi connectivity index (χ1) is 18.1. The predicted molar refractivity (Wildman–Crippen MR) is 157 cm³/mol. The molecule has 7 nitrogen and oxygen atoms in total. The van der Waals surface area contributed by atoms with Gasteiger partial charge in [-0.3, -0.25) is 15.7 Å². The van der Waals surface area contributed by atoms with Gasteiger partial charge in [0.15, 0.2) is 0 Å². The van der Waals surface area contributed by atoms with E-state index < -0.39 is 0 Å². The standard InChI is InChI=1S/C30H39N5O2S/c1-23(38-30(2,3)4)22-34(5)17-18-36-19-20-37-26-13-11-24(12-14-26)21-29(32)35-28(31)16-15-27(33-35)25-9-7-6-8-10-25/h6-16,31-32H,1,17-22H2,2-5H3. The number of ether oxygens (including phenoxy) is 2. The van der Waals surface area contributed by atoms with E-state index >= 15 is 0 Å². The number of likely N-dealkylation sites (N-methyl/N-ethyl adjacent to an activating group) is 1. The molecule has 0 atom stereocenters. The summed E-state index contributed by atoms with van der Waals surface area (Å²) in [5, 5.41) is 21.2. The third kappa shape index (κ3) is 9.93. The maximum absolute atomic E-state index is 8.53. The zero-order valence-corrected chi connectivity index (χ0v) is 23.7. The lowest BCUT2D eigenvalue weighted by atomic mass is 10.1. The molecule has 0 bridgehead atoms. The molecule has 1 aromatic heterocycles. The minimum Gasteiger partial charge on any atom is -0.491 e. The lowest BCUT2D eigenvalue weighted by Crippen LogP contribution is -2.30. The highest BCUT2D eigenvalue weighted by atomic mass is 32.2. The summed E-state index contributed by atoms with van der Waals surface area (Å²) in [5.74, 6) is 0.995. The summed E-state index contributed by atoms with van der Waals surface area (Å²) in [6.07, 6.45) is 0.360. The fourth-order valence-corrected chi connectivity index (χ4v) is 4.90. The Balaban J connectivity index is 1.39. The second-order valence-corrected chi connectivity index (χ2v) is 12.1. The molecule has 0 unspecified atom stereocenters. The molecule has 0 spiro atoms. The van der Waals surface area contributed by atoms with Crippen LogP contribution in [-0.2, 0) is 11.2 Å². The van der Waals surface area contributed by atoms with Crippen molar-refractivity contribution in [1.82, 2.24) is 14.7 Å². The number of nitrogens with one attached hydrogen (secondary N) is 2. The summed E-state index contributed by atoms with van der Waals surface area (Å²) >= 11 is 1.81. The number of benzene rings is 2. The van der Waals surface area contributed by atoms with Crippen molar-refractivity contribution in [3.63, 3.8) is 0 Å². The average Bonchev–Trinajstić information content (AvgIpc) is 2.86. The van der Waals surface area contributed by atoms with Gasteiger partial charge in [0.25, 0.3) is 0 Å². The topological polar surface area (TPSA) is 87.2 Å². The Labute approximate surface area is 230 Å². The largest absolute Gasteiger partial charge is 0.491 e. The number of aromatic nitrogens is 2. The molecule has 38 heavy (non-hydrogen) atoms. The minimum atomic E-state index is 0.176. The van der Waals surface area contributed by atoms with Gasteiger partial charge in [-0.1, -0.05) is 69.8 Å². The molecule has 3 aromatic rings. The van der Waals surface area contributed by atoms with Crippen LogP contribution in [-0.4, -0.2) is 65.2 Å². The normalized spacial score (nSPS) is 11.5. The van der Waals surface area contributed by atoms with Gasteiger partial charge in [0.2, 0.25) is 0 Å². The number of hydrogen-bond donors (Lipinski definition) is 2. The van der Waals surface area contributed by atoms with Gasteiger partial charge >= 0.3 is 0 Å². The Morgan fingerprint density at radius 1 is 1.00 bits per heavy atom. The molecule has 0 saturated carbocycles. The van der Waals surface area contributed by atoms with E-state index in [0.29, 0.717) is 26.2 Å². The Kier molecular flexibility index (Phi) is 10.9. The van der Waals surface area contributed by atoms with Crippen molar-refractivity contribution in [1.29, 1.82) is 10.8 Å². The second-order valence-electron chi connectivity index (χ2n) is 10.1. The molecule has 3 rings (SSSR count). The van der Waals surface area contributed by atoms with Crippen LogP contribution in [0.2, 0.25) is 0 Å². The van der Waals surface area contributed by atoms with Crippen molar-refractivity contribution >= 4 is 17.6 Å². The fourth-order valence-electron chi connectivity index (χ4n) is 3.75. The molecule has 0 aliphatic carbocycles. The van der Waals surface area contributed by atoms with E-state index in [1.165, 1.54) is 4.68 Å². The third-order valence-electron chi connectivity index (χ3n) is 5.47. The summed E-state index contributed by atoms with van der Waals surface area (Å²) < 4.78 is 13.1. The maximum atomic E-state index is 8.53. The highest BCUT2D eigenvalue weighted by Gasteiger charge is 2.13. The quantitative estimate of drug-likeness (QED) is 0.173. The first kappa shape index (κ1) is 29.4. The molecule has 0 fully saturated rings. The van der Waals surface area contributed by atoms with E-state index in [-0.39, 0.29) is 16.1 Å². The molecular formula is C30H39N5O2S. The van der Waals surface area contributed by atoms with Crippen molar-refractivity contribution < 1.29 is 9.47 Å². The summed E-state index contributed by atoms with van der Waals surface area (Å²) in [5.41, 5.74) is 2.81. The van der Waals surface area contributed by atoms with E-state index in [0.717, 1.165) is 40.6 Å². The zero-order valence-electron chi connectivity index (χ0n) is 22.9. The molecule has 0 aliphatic rings. The van der Waals surface area contributed by atoms with Crippen molar-refractivity contribution in [2.24, 2.45) is 0 Å². The van der Waals surface area contributed by atoms with Crippen LogP contribution in [0.25, 0.3) is 11.3 Å². The number of nitrogens with zero attached hydrogens (tertiary/aromatic N) is 3. The van der Waals surface area contributed by atoms with Gasteiger partial charge in [0.05, 0.1) is 18.9 Å². The van der Waals surface area contributed by atoms with Crippen LogP contribution in [0.3, 0.4) is 0 Å². The number of thioether (sulfide) groups is 1. The Hall–Kier alpha value is -3.20. The van der Waals surface area contributed by atoms with Crippen LogP contribution in [0.5, 0.6) is 5.75 Å². The molecule has 0 aliphatic heterocycles. The SMILES string of the molecule is C=C(CN(C)CCOCCOc1ccc(CC(=N)n2nc(-c3ccccc3)ccc2=N)cc1)SC(C)(C)C. The van der Waals surface area contributed by atoms with Crippen LogP contribution in [0, 0.1) is 10.8 Å². The van der Waals surface area contributed by atoms with Crippen LogP contribution in [0.1, 0.15) is 26.3 Å². The number of hydrogen-bond acceptors (Lipinski definition) is 7. The van der Waals surface area contributed by atoms with Crippen LogP contribution < -0.4 is 10.2 Å². The van der Waals surface area contributed by atoms with E-state index in [1.807, 2.05) is 66.4 Å². The van der Waals surface area contributed by atoms with E-state index in [4.69, 9.17) is 20.3 Å². The Morgan fingerprint density at radius 2 is 1.71 bits per heavy atom. The summed E-state index contributed by atoms with van der Waals surface area (Å²) in [6.45, 7) is 14.1. The molecular weight excluding hydrogens is 494 g/mol. The highest BCUT2D eigenvalue weighted by Crippen LogP contribution is 2.30. The van der Waals surface area contributed by atoms with Gasteiger partial charge in [-0.05, 0) is 41.8 Å². The van der Waals surface area contributed by atoms with Gasteiger partial charge in [-0.15, -0.1) is 11.8 Å². The first-order valence-corrected chi connectivity index (χ1v) is 13.6. The average molecular weight is 534 g/mol. The summed E-state index contributed by atoms with van der Waals surface area (Å²) in [7, 11) is 2.08. The van der Waals surface area contributed by atoms with Crippen molar-refractivity contribution in [3.8, 4) is 17.0 Å². The minimum absolute atomic E-state index is 0.176. The van der Waals surface area contributed by atoms with Gasteiger partial charge in [-0.2, -0.15) is 5.10 Å². The molecule has 8 heteroatoms. The Bertz CT molecular complexity index is 1250. The van der Waals surface area contributed by atoms with Crippen molar-refractivity contribution in [3.05, 3.63) is 89.3 Å². The summed E-state index contributed by atoms with van der Waals surface area (Å²) in [6, 6.07) is 20.9. The molecule has 2 N–H and O–H groups in total. The molecule has 0 saturated heterocycles. The van der Waals surface area contributed by atoms with Crippen LogP contribution in [0.15, 0.2) is 78.2 Å². The lowest BCUT2D eigenvalue weighted by Gasteiger charge is -2.23. The molecule has 1 heterocycles. The van der Waals surface area contributed by atoms with Gasteiger partial charge in [0.1, 0.15) is 23.7 Å². The van der Waals surface area contributed by atoms with E-state index in [2.05, 4.69) is 44.4 Å². The van der Waals surface area contributed by atoms with Crippen LogP contribution in [0.4, 0.5) is 0 Å². The number of rotatable bonds is 13. The molecule has 2 aromatic carbocycles. The maximum Gasteiger partial charge on any atom is 0.148 e. The molecule has 0 amide bonds. The van der Waals surface area contributed by atoms with E-state index in [9.17, 15) is 0 Å². The van der Waals surface area contributed by atoms with Gasteiger partial charge in [0, 0.05) is 29.8 Å². The third-order valence-corrected chi connectivity index (χ3v) is 6.50. The van der Waals surface area contributed by atoms with E-state index in [1.54, 1.807) is 12.1 Å². The smallest absolute Gasteiger partial charge is 0.148 e. The van der Waals surface area contributed by atoms with Gasteiger partial charge < -0.3 is 9.47 Å². The highest BCUT2D eigenvalue weighted by molar-refractivity contribution is 8.04. The molecule has 0 radical (unpaired) electrons. The zero-order chi connectivity index (χ0) is 27.5. The van der Waals surface area contributed by atoms with Gasteiger partial charge in [-0.25, -0.2) is 4.68 Å². The summed E-state index contributed by atoms with van der Waals surface area (Å²) in [4.78, 5) is 3.38. The van der Waals surface area contributed by atoms with Crippen LogP contribution >= 0.6 is 11.8 Å². The van der Waals surface area contributed by atoms with Crippen molar-refractivity contribution in [2.75, 3.05) is 40.0 Å². The van der Waals surface area contributed by atoms with Crippen molar-refractivity contribution in [2.45, 2.75) is 31.9 Å². The Morgan fingerprint density at radius 3 is 2.39 bits per heavy atom. The second kappa shape index (κ2) is 14.1. The first-order valence-electron chi connectivity index (χ1n) is 12.7. The monoisotopic (exact) mass is 533 g/mol. The predicted octanol–water partition coefficient (Wildman–Crippen LogP) is 5.47.